The number of aliphatic hydroxyl groups excluding tert-OH is 1. The summed E-state index contributed by atoms with van der Waals surface area (Å²) in [6, 6.07) is 32.1. The number of carbonyl (C=O) groups is 9. The molecule has 4 aromatic carbocycles. The number of carbonyl (C=O) groups excluding carboxylic acids is 9. The number of H-pyrrole nitrogens is 1. The second kappa shape index (κ2) is 34.5. The Labute approximate surface area is 661 Å². The molecule has 3 aromatic heterocycles. The lowest BCUT2D eigenvalue weighted by Gasteiger charge is -2.67. The monoisotopic (exact) mass is 1590 g/mol. The summed E-state index contributed by atoms with van der Waals surface area (Å²) in [4.78, 5) is 156. The third-order valence-electron chi connectivity index (χ3n) is 22.2. The van der Waals surface area contributed by atoms with Crippen molar-refractivity contribution in [3.63, 3.8) is 0 Å². The molecule has 3 fully saturated rings. The molecule has 8 N–H and O–H groups in total. The molecule has 31 heteroatoms. The quantitative estimate of drug-likeness (QED) is 0.0101. The fourth-order valence-electron chi connectivity index (χ4n) is 16.3. The van der Waals surface area contributed by atoms with Gasteiger partial charge in [0.25, 0.3) is 17.4 Å². The maximum Gasteiger partial charge on any atom is 0.338 e. The number of nitrogens with zero attached hydrogens (tertiary/aromatic N) is 5. The predicted octanol–water partition coefficient (Wildman–Crippen LogP) is 8.15. The molecule has 1 unspecified atom stereocenters. The van der Waals surface area contributed by atoms with Crippen LogP contribution in [0.4, 0.5) is 5.95 Å². The second-order valence-corrected chi connectivity index (χ2v) is 40.1. The molecule has 114 heavy (non-hydrogen) atoms. The van der Waals surface area contributed by atoms with E-state index in [0.717, 1.165) is 30.7 Å². The first-order valence-electron chi connectivity index (χ1n) is 38.0. The Morgan fingerprint density at radius 1 is 0.772 bits per heavy atom. The fraction of sp³-hybridized carbons (Fsp3) is 0.434. The highest BCUT2D eigenvalue weighted by Gasteiger charge is 2.79. The van der Waals surface area contributed by atoms with Gasteiger partial charge in [-0.15, -0.1) is 0 Å². The van der Waals surface area contributed by atoms with Gasteiger partial charge in [-0.05, 0) is 156 Å². The van der Waals surface area contributed by atoms with E-state index in [9.17, 15) is 53.4 Å². The molecule has 602 valence electrons. The van der Waals surface area contributed by atoms with Gasteiger partial charge in [-0.1, -0.05) is 104 Å². The van der Waals surface area contributed by atoms with E-state index in [4.69, 9.17) is 38.3 Å². The molecule has 29 nitrogen and oxygen atoms in total. The predicted molar refractivity (Wildman–Crippen MR) is 421 cm³/mol. The molecule has 0 spiro atoms. The molecule has 1 aliphatic heterocycles. The zero-order valence-corrected chi connectivity index (χ0v) is 67.9. The Morgan fingerprint density at radius 3 is 2.06 bits per heavy atom. The van der Waals surface area contributed by atoms with Crippen LogP contribution in [0.5, 0.6) is 0 Å². The van der Waals surface area contributed by atoms with Crippen molar-refractivity contribution >= 4 is 87.1 Å². The Morgan fingerprint density at radius 2 is 1.42 bits per heavy atom. The van der Waals surface area contributed by atoms with E-state index < -0.39 is 147 Å². The van der Waals surface area contributed by atoms with Gasteiger partial charge in [0.1, 0.15) is 30.0 Å². The molecule has 4 aliphatic rings. The number of fused-ring (bicyclic) bond motifs is 6. The number of nitrogens with two attached hydrogens (primary N) is 1. The van der Waals surface area contributed by atoms with Gasteiger partial charge in [-0.25, -0.2) is 19.6 Å². The topological polar surface area (TPSA) is 418 Å². The van der Waals surface area contributed by atoms with E-state index in [1.807, 2.05) is 50.8 Å². The van der Waals surface area contributed by atoms with Gasteiger partial charge in [0.05, 0.1) is 65.8 Å². The van der Waals surface area contributed by atoms with Crippen LogP contribution in [0.1, 0.15) is 151 Å². The van der Waals surface area contributed by atoms with E-state index in [2.05, 4.69) is 59.2 Å². The van der Waals surface area contributed by atoms with Crippen LogP contribution in [-0.2, 0) is 87.1 Å². The number of nitrogens with one attached hydrogen (secondary N) is 4. The summed E-state index contributed by atoms with van der Waals surface area (Å²) in [5.41, 5.74) is 3.66. The van der Waals surface area contributed by atoms with Gasteiger partial charge in [0, 0.05) is 55.7 Å². The number of ether oxygens (including phenoxy) is 6. The molecule has 11 rings (SSSR count). The Kier molecular flexibility index (Phi) is 25.4. The van der Waals surface area contributed by atoms with Crippen LogP contribution in [0.3, 0.4) is 0 Å². The Balaban J connectivity index is 0.746. The van der Waals surface area contributed by atoms with E-state index >= 15 is 4.79 Å². The van der Waals surface area contributed by atoms with E-state index in [-0.39, 0.29) is 83.0 Å². The summed E-state index contributed by atoms with van der Waals surface area (Å²) < 4.78 is 45.1. The van der Waals surface area contributed by atoms with Crippen molar-refractivity contribution in [2.24, 2.45) is 16.7 Å². The highest BCUT2D eigenvalue weighted by molar-refractivity contribution is 6.87. The minimum atomic E-state index is -2.74. The van der Waals surface area contributed by atoms with Crippen LogP contribution in [0.15, 0.2) is 155 Å². The van der Waals surface area contributed by atoms with Crippen molar-refractivity contribution in [1.82, 2.24) is 46.1 Å². The average Bonchev–Trinajstić information content (AvgIpc) is 0.666. The number of hydrogen-bond acceptors (Lipinski definition) is 25. The van der Waals surface area contributed by atoms with Gasteiger partial charge in [0.15, 0.2) is 51.4 Å². The minimum absolute atomic E-state index is 0.0131. The number of ketones is 1. The molecule has 3 aliphatic carbocycles. The Bertz CT molecular complexity index is 4930. The number of rotatable bonds is 29. The summed E-state index contributed by atoms with van der Waals surface area (Å²) in [5.74, 6) is -8.66. The summed E-state index contributed by atoms with van der Waals surface area (Å²) in [6.07, 6.45) is -6.20. The second-order valence-electron chi connectivity index (χ2n) is 31.7. The van der Waals surface area contributed by atoms with Crippen molar-refractivity contribution in [3.8, 4) is 0 Å². The lowest BCUT2D eigenvalue weighted by Crippen LogP contribution is -2.82. The van der Waals surface area contributed by atoms with Gasteiger partial charge in [-0.3, -0.25) is 43.3 Å². The first-order chi connectivity index (χ1) is 53.9. The van der Waals surface area contributed by atoms with Crippen LogP contribution in [0.25, 0.3) is 11.2 Å². The molecule has 3 amide bonds. The third-order valence-corrected chi connectivity index (χ3v) is 29.0. The van der Waals surface area contributed by atoms with Crippen molar-refractivity contribution in [2.75, 3.05) is 12.3 Å². The van der Waals surface area contributed by atoms with Crippen LogP contribution in [0.2, 0.25) is 32.2 Å². The molecule has 7 aromatic rings. The van der Waals surface area contributed by atoms with Crippen LogP contribution in [0, 0.1) is 23.7 Å². The summed E-state index contributed by atoms with van der Waals surface area (Å²) in [5, 5.41) is 44.0. The standard InChI is InChI=1S/C83H98N10O19Si2/c1-47-41-58(45-85-63(96)37-30-48(2)87-74(100)55-34-31-52(32-35-55)33-36-57-44-86-73-67(88-57)76(102)91-79(84)90-73)92-93-59(47)38-40-114(11,12)112-113(9,10)39-22-29-64(97)109-61-42-62-82(46-106-62,111-51(5)95)70-72(110-77(103)56-27-20-15-21-28-56)83(105)43-60(49(3)65(80(83,6)7)69(107-50(4)94)71(99)81(61,70)8)108-78(104)68(98)66(53-23-16-13-17-24-53)89-75(101)54-25-18-14-19-26-54/h13-28,31-32,34-35,39,41,44,48,60-62,66,68-70,72,98,105H,29-30,33,36-38,40,42-43,45-46H2,1-12H3,(H,85,96)(H,87,100)(H,89,101)(H3,84,86,90,91,102)/b39-22+/t48-,60?,61+,62-,66+,68-,69-,70+,72+,81-,82+,83-/m1/s1. The van der Waals surface area contributed by atoms with Gasteiger partial charge in [0.2, 0.25) is 11.9 Å². The largest absolute Gasteiger partial charge is 0.461 e. The molecule has 0 radical (unpaired) electrons. The van der Waals surface area contributed by atoms with Crippen LogP contribution in [-0.4, -0.2) is 171 Å². The van der Waals surface area contributed by atoms with Crippen molar-refractivity contribution in [3.05, 3.63) is 211 Å². The minimum Gasteiger partial charge on any atom is -0.461 e. The fourth-order valence-corrected chi connectivity index (χ4v) is 24.2. The first-order valence-corrected chi connectivity index (χ1v) is 44.1. The highest BCUT2D eigenvalue weighted by atomic mass is 28.4. The third kappa shape index (κ3) is 18.5. The van der Waals surface area contributed by atoms with E-state index in [1.54, 1.807) is 117 Å². The molecular formula is C83H98N10O19Si2. The lowest BCUT2D eigenvalue weighted by molar-refractivity contribution is -0.346. The number of anilines is 1. The number of aromatic amines is 1. The van der Waals surface area contributed by atoms with E-state index in [1.165, 1.54) is 26.0 Å². The van der Waals surface area contributed by atoms with Gasteiger partial charge in [-0.2, -0.15) is 15.2 Å². The van der Waals surface area contributed by atoms with E-state index in [0.29, 0.717) is 54.2 Å². The molecule has 12 atom stereocenters. The zero-order chi connectivity index (χ0) is 82.4. The number of esters is 5. The smallest absolute Gasteiger partial charge is 0.338 e. The molecular weight excluding hydrogens is 1500 g/mol. The number of benzene rings is 4. The van der Waals surface area contributed by atoms with Crippen molar-refractivity contribution < 1.29 is 85.9 Å². The first kappa shape index (κ1) is 84.1. The number of Topliss-reactive ketones (excluding diaryl/α,β-unsaturated/α-hetero) is 1. The van der Waals surface area contributed by atoms with Crippen LogP contribution >= 0.6 is 0 Å². The normalized spacial score (nSPS) is 23.2. The van der Waals surface area contributed by atoms with Gasteiger partial charge >= 0.3 is 29.8 Å². The van der Waals surface area contributed by atoms with Gasteiger partial charge < -0.3 is 64.4 Å². The number of amides is 3. The Hall–Kier alpha value is -10.8. The number of aryl methyl sites for hydroxylation is 4. The molecule has 2 bridgehead atoms. The summed E-state index contributed by atoms with van der Waals surface area (Å²) >= 11 is 0. The number of aliphatic hydroxyl groups is 2. The molecule has 1 saturated heterocycles. The SMILES string of the molecule is CC(=O)O[C@H]1C(=O)[C@]2(C)[C@@H](OC(=O)C/C=C/[Si](C)(C)O[Si](C)(C)CCc3nnc(CNC(=O)CC[C@@H](C)NC(=O)c4ccc(CCc5cnc6nc(N)[nH]c(=O)c6n5)cc4)cc3C)C[C@H]3OC[C@@]3(OC(C)=O)[C@H]2[C@H](OC(=O)c2ccccc2)[C@]2(O)CC(OC(=O)[C@H](O)[C@@H](NC(=O)c3ccccc3)c3ccccc3)C(C)=C1C2(C)C. The molecule has 4 heterocycles. The van der Waals surface area contributed by atoms with Crippen molar-refractivity contribution in [1.29, 1.82) is 0 Å². The number of nitrogen functional groups attached to an aromatic ring is 1. The highest BCUT2D eigenvalue weighted by Crippen LogP contribution is 2.65. The number of hydrogen-bond donors (Lipinski definition) is 7. The number of aromatic nitrogens is 6. The average molecular weight is 1600 g/mol. The molecule has 2 saturated carbocycles. The van der Waals surface area contributed by atoms with Crippen molar-refractivity contribution in [2.45, 2.75) is 205 Å². The summed E-state index contributed by atoms with van der Waals surface area (Å²) in [7, 11) is -5.23. The zero-order valence-electron chi connectivity index (χ0n) is 65.9. The lowest BCUT2D eigenvalue weighted by atomic mass is 9.44. The van der Waals surface area contributed by atoms with Crippen LogP contribution < -0.4 is 27.2 Å². The maximum atomic E-state index is 16.6. The maximum absolute atomic E-state index is 16.6. The summed E-state index contributed by atoms with van der Waals surface area (Å²) in [6.45, 7) is 19.9.